The average molecular weight is 439 g/mol. The molecule has 6 heterocycles. The van der Waals surface area contributed by atoms with Gasteiger partial charge in [0.1, 0.15) is 5.82 Å². The predicted octanol–water partition coefficient (Wildman–Crippen LogP) is 1.89. The van der Waals surface area contributed by atoms with Crippen LogP contribution < -0.4 is 20.3 Å². The lowest BCUT2D eigenvalue weighted by atomic mass is 10.3. The van der Waals surface area contributed by atoms with Gasteiger partial charge in [0.25, 0.3) is 5.95 Å². The molecule has 1 fully saturated rings. The summed E-state index contributed by atoms with van der Waals surface area (Å²) >= 11 is 0. The zero-order valence-corrected chi connectivity index (χ0v) is 17.1. The van der Waals surface area contributed by atoms with Crippen molar-refractivity contribution in [3.63, 3.8) is 0 Å². The van der Waals surface area contributed by atoms with Gasteiger partial charge in [-0.25, -0.2) is 25.0 Å². The van der Waals surface area contributed by atoms with E-state index in [1.807, 2.05) is 51.7 Å². The smallest absolute Gasteiger partial charge is 0.266 e. The van der Waals surface area contributed by atoms with E-state index in [0.717, 1.165) is 5.69 Å². The number of aromatic amines is 2. The fourth-order valence-corrected chi connectivity index (χ4v) is 3.69. The molecule has 1 aliphatic heterocycles. The highest BCUT2D eigenvalue weighted by Gasteiger charge is 2.50. The molecule has 13 nitrogen and oxygen atoms in total. The Hall–Kier alpha value is -5.07. The molecule has 1 saturated heterocycles. The summed E-state index contributed by atoms with van der Waals surface area (Å²) in [6.07, 6.45) is 13.0. The van der Waals surface area contributed by atoms with E-state index < -0.39 is 6.17 Å². The van der Waals surface area contributed by atoms with E-state index in [1.165, 1.54) is 0 Å². The van der Waals surface area contributed by atoms with E-state index in [2.05, 4.69) is 45.3 Å². The third-order valence-corrected chi connectivity index (χ3v) is 4.96. The first-order valence-electron chi connectivity index (χ1n) is 10.0. The van der Waals surface area contributed by atoms with Gasteiger partial charge in [-0.15, -0.1) is 15.3 Å². The van der Waals surface area contributed by atoms with Crippen molar-refractivity contribution >= 4 is 23.4 Å². The standard InChI is InChI=1S/C20H17N13/c1-4-15(22-7-1)19-30(17-6-11-27-29-17)32(18-14-21-12-13-23-18)33(20-24-8-3-9-25-20)31(19)16-5-2-10-26-28-16/h1-14,19,22H,(H,27,29). The Bertz CT molecular complexity index is 1200. The number of hydrazine groups is 3. The monoisotopic (exact) mass is 439 g/mol. The van der Waals surface area contributed by atoms with Crippen LogP contribution in [0.4, 0.5) is 23.4 Å². The average Bonchev–Trinajstić information content (AvgIpc) is 3.65. The second-order valence-corrected chi connectivity index (χ2v) is 6.90. The normalized spacial score (nSPS) is 15.9. The van der Waals surface area contributed by atoms with Crippen LogP contribution in [-0.2, 0) is 0 Å². The molecule has 13 heteroatoms. The lowest BCUT2D eigenvalue weighted by molar-refractivity contribution is 0.664. The Labute approximate surface area is 187 Å². The summed E-state index contributed by atoms with van der Waals surface area (Å²) < 4.78 is 0. The topological polar surface area (TPSA) is 135 Å². The highest BCUT2D eigenvalue weighted by molar-refractivity contribution is 5.68. The SMILES string of the molecule is c1cnc(N2N(c3cccnn3)C(c3ccc[nH]3)N(c3ccn[nH]3)N2c2cnccn2)nc1. The summed E-state index contributed by atoms with van der Waals surface area (Å²) in [5, 5.41) is 23.2. The van der Waals surface area contributed by atoms with Gasteiger partial charge in [-0.2, -0.15) is 10.2 Å². The molecular formula is C20H17N13. The molecule has 0 amide bonds. The molecule has 1 aliphatic rings. The quantitative estimate of drug-likeness (QED) is 0.415. The number of rotatable bonds is 5. The zero-order chi connectivity index (χ0) is 22.0. The van der Waals surface area contributed by atoms with Gasteiger partial charge >= 0.3 is 0 Å². The Balaban J connectivity index is 1.65. The number of anilines is 4. The molecule has 0 saturated carbocycles. The predicted molar refractivity (Wildman–Crippen MR) is 118 cm³/mol. The van der Waals surface area contributed by atoms with Gasteiger partial charge in [-0.1, -0.05) is 0 Å². The molecule has 0 spiro atoms. The summed E-state index contributed by atoms with van der Waals surface area (Å²) in [6.45, 7) is 0. The van der Waals surface area contributed by atoms with E-state index in [-0.39, 0.29) is 0 Å². The second kappa shape index (κ2) is 7.88. The summed E-state index contributed by atoms with van der Waals surface area (Å²) in [4.78, 5) is 21.2. The van der Waals surface area contributed by atoms with Crippen molar-refractivity contribution < 1.29 is 0 Å². The summed E-state index contributed by atoms with van der Waals surface area (Å²) in [6, 6.07) is 11.2. The van der Waals surface area contributed by atoms with Gasteiger partial charge in [-0.05, 0) is 30.3 Å². The first kappa shape index (κ1) is 18.7. The van der Waals surface area contributed by atoms with Crippen LogP contribution in [0, 0.1) is 0 Å². The first-order valence-corrected chi connectivity index (χ1v) is 10.0. The number of nitrogens with one attached hydrogen (secondary N) is 2. The molecule has 6 rings (SSSR count). The molecule has 5 aromatic heterocycles. The van der Waals surface area contributed by atoms with Crippen molar-refractivity contribution in [1.82, 2.24) is 45.3 Å². The van der Waals surface area contributed by atoms with Crippen LogP contribution in [0.5, 0.6) is 0 Å². The molecule has 2 N–H and O–H groups in total. The first-order chi connectivity index (χ1) is 16.4. The molecule has 5 aromatic rings. The van der Waals surface area contributed by atoms with Crippen LogP contribution in [0.15, 0.2) is 86.0 Å². The lowest BCUT2D eigenvalue weighted by Gasteiger charge is -2.33. The van der Waals surface area contributed by atoms with E-state index in [1.54, 1.807) is 54.6 Å². The fraction of sp³-hybridized carbons (Fsp3) is 0.0500. The number of nitrogens with zero attached hydrogens (tertiary/aromatic N) is 11. The minimum Gasteiger partial charge on any atom is -0.362 e. The van der Waals surface area contributed by atoms with Gasteiger partial charge in [0.2, 0.25) is 0 Å². The van der Waals surface area contributed by atoms with Gasteiger partial charge in [0.15, 0.2) is 17.8 Å². The van der Waals surface area contributed by atoms with E-state index in [0.29, 0.717) is 23.4 Å². The van der Waals surface area contributed by atoms with Crippen LogP contribution in [0.3, 0.4) is 0 Å². The van der Waals surface area contributed by atoms with Crippen molar-refractivity contribution in [3.05, 3.63) is 91.7 Å². The minimum atomic E-state index is -0.456. The van der Waals surface area contributed by atoms with E-state index >= 15 is 0 Å². The number of hydrogen-bond acceptors (Lipinski definition) is 11. The van der Waals surface area contributed by atoms with Crippen LogP contribution in [-0.4, -0.2) is 45.3 Å². The maximum absolute atomic E-state index is 4.56. The van der Waals surface area contributed by atoms with Crippen molar-refractivity contribution in [2.75, 3.05) is 20.3 Å². The van der Waals surface area contributed by atoms with Gasteiger partial charge in [-0.3, -0.25) is 10.1 Å². The van der Waals surface area contributed by atoms with Crippen molar-refractivity contribution in [3.8, 4) is 0 Å². The minimum absolute atomic E-state index is 0.396. The molecule has 33 heavy (non-hydrogen) atoms. The van der Waals surface area contributed by atoms with E-state index in [9.17, 15) is 0 Å². The third-order valence-electron chi connectivity index (χ3n) is 4.96. The molecule has 162 valence electrons. The number of aromatic nitrogens is 9. The summed E-state index contributed by atoms with van der Waals surface area (Å²) in [7, 11) is 0. The van der Waals surface area contributed by atoms with Crippen molar-refractivity contribution in [1.29, 1.82) is 0 Å². The van der Waals surface area contributed by atoms with Crippen molar-refractivity contribution in [2.24, 2.45) is 0 Å². The molecule has 1 atom stereocenters. The lowest BCUT2D eigenvalue weighted by Crippen LogP contribution is -2.50. The van der Waals surface area contributed by atoms with Gasteiger partial charge in [0.05, 0.1) is 18.1 Å². The van der Waals surface area contributed by atoms with Crippen LogP contribution in [0.1, 0.15) is 11.9 Å². The van der Waals surface area contributed by atoms with Gasteiger partial charge < -0.3 is 4.98 Å². The summed E-state index contributed by atoms with van der Waals surface area (Å²) in [5.74, 6) is 2.20. The molecule has 0 aromatic carbocycles. The zero-order valence-electron chi connectivity index (χ0n) is 17.1. The second-order valence-electron chi connectivity index (χ2n) is 6.90. The Morgan fingerprint density at radius 3 is 2.39 bits per heavy atom. The largest absolute Gasteiger partial charge is 0.362 e. The highest BCUT2D eigenvalue weighted by atomic mass is 16.1. The van der Waals surface area contributed by atoms with Crippen molar-refractivity contribution in [2.45, 2.75) is 6.17 Å². The molecule has 0 bridgehead atoms. The number of H-pyrrole nitrogens is 2. The summed E-state index contributed by atoms with van der Waals surface area (Å²) in [5.41, 5.74) is 0.877. The Morgan fingerprint density at radius 2 is 1.70 bits per heavy atom. The van der Waals surface area contributed by atoms with Gasteiger partial charge in [0, 0.05) is 43.2 Å². The molecule has 0 radical (unpaired) electrons. The Kier molecular flexibility index (Phi) is 4.46. The maximum atomic E-state index is 4.56. The molecule has 1 unspecified atom stereocenters. The third kappa shape index (κ3) is 3.15. The molecular weight excluding hydrogens is 422 g/mol. The highest BCUT2D eigenvalue weighted by Crippen LogP contribution is 2.43. The van der Waals surface area contributed by atoms with Crippen LogP contribution in [0.25, 0.3) is 0 Å². The van der Waals surface area contributed by atoms with Crippen LogP contribution in [0.2, 0.25) is 0 Å². The van der Waals surface area contributed by atoms with Crippen LogP contribution >= 0.6 is 0 Å². The number of hydrogen-bond donors (Lipinski definition) is 2. The Morgan fingerprint density at radius 1 is 0.758 bits per heavy atom. The molecule has 0 aliphatic carbocycles. The van der Waals surface area contributed by atoms with E-state index in [4.69, 9.17) is 0 Å². The fourth-order valence-electron chi connectivity index (χ4n) is 3.69. The maximum Gasteiger partial charge on any atom is 0.266 e.